The number of carbonyl (C=O) groups excluding carboxylic acids is 3. The van der Waals surface area contributed by atoms with Crippen LogP contribution in [0.25, 0.3) is 0 Å². The second-order valence-electron chi connectivity index (χ2n) is 5.01. The summed E-state index contributed by atoms with van der Waals surface area (Å²) in [7, 11) is 1.38. The normalized spacial score (nSPS) is 26.8. The minimum absolute atomic E-state index is 0.280. The van der Waals surface area contributed by atoms with Gasteiger partial charge in [-0.15, -0.1) is 0 Å². The summed E-state index contributed by atoms with van der Waals surface area (Å²) >= 11 is 0. The van der Waals surface area contributed by atoms with Crippen molar-refractivity contribution in [3.8, 4) is 0 Å². The second kappa shape index (κ2) is 6.88. The summed E-state index contributed by atoms with van der Waals surface area (Å²) in [5.74, 6) is -1.41. The molecule has 4 atom stereocenters. The fraction of sp³-hybridized carbons (Fsp3) is 0.571. The molecule has 0 radical (unpaired) electrons. The quantitative estimate of drug-likeness (QED) is 0.734. The SMILES string of the molecule is COC1OC(c2ccn(C(C)=O)n2)C(OC(C)=O)C1OC(C)=O. The van der Waals surface area contributed by atoms with Crippen molar-refractivity contribution in [1.29, 1.82) is 0 Å². The Morgan fingerprint density at radius 1 is 1.13 bits per heavy atom. The lowest BCUT2D eigenvalue weighted by Gasteiger charge is -2.22. The highest BCUT2D eigenvalue weighted by Gasteiger charge is 2.51. The lowest BCUT2D eigenvalue weighted by atomic mass is 10.1. The van der Waals surface area contributed by atoms with E-state index in [2.05, 4.69) is 5.10 Å². The highest BCUT2D eigenvalue weighted by molar-refractivity contribution is 5.75. The topological polar surface area (TPSA) is 106 Å². The van der Waals surface area contributed by atoms with Gasteiger partial charge in [0.05, 0.1) is 5.69 Å². The minimum Gasteiger partial charge on any atom is -0.455 e. The molecule has 2 rings (SSSR count). The van der Waals surface area contributed by atoms with Crippen molar-refractivity contribution < 1.29 is 33.3 Å². The molecule has 4 unspecified atom stereocenters. The van der Waals surface area contributed by atoms with Crippen LogP contribution in [0.15, 0.2) is 12.3 Å². The number of hydrogen-bond acceptors (Lipinski definition) is 8. The molecule has 0 spiro atoms. The summed E-state index contributed by atoms with van der Waals surface area (Å²) in [5.41, 5.74) is 0.364. The van der Waals surface area contributed by atoms with Gasteiger partial charge < -0.3 is 18.9 Å². The van der Waals surface area contributed by atoms with Crippen LogP contribution in [-0.4, -0.2) is 53.2 Å². The molecule has 9 heteroatoms. The molecule has 1 aliphatic heterocycles. The van der Waals surface area contributed by atoms with Crippen LogP contribution < -0.4 is 0 Å². The van der Waals surface area contributed by atoms with Gasteiger partial charge in [0.15, 0.2) is 18.5 Å². The van der Waals surface area contributed by atoms with Crippen molar-refractivity contribution in [2.75, 3.05) is 7.11 Å². The Bertz CT molecular complexity index is 612. The summed E-state index contributed by atoms with van der Waals surface area (Å²) in [5, 5.41) is 4.09. The van der Waals surface area contributed by atoms with Gasteiger partial charge in [-0.1, -0.05) is 0 Å². The Morgan fingerprint density at radius 2 is 1.74 bits per heavy atom. The zero-order valence-corrected chi connectivity index (χ0v) is 13.2. The van der Waals surface area contributed by atoms with Crippen LogP contribution in [0.5, 0.6) is 0 Å². The third-order valence-corrected chi connectivity index (χ3v) is 3.23. The van der Waals surface area contributed by atoms with Crippen molar-refractivity contribution in [2.45, 2.75) is 45.4 Å². The number of nitrogens with zero attached hydrogens (tertiary/aromatic N) is 2. The molecular formula is C14H18N2O7. The average molecular weight is 326 g/mol. The van der Waals surface area contributed by atoms with E-state index in [9.17, 15) is 14.4 Å². The number of esters is 2. The first-order valence-corrected chi connectivity index (χ1v) is 6.92. The van der Waals surface area contributed by atoms with Gasteiger partial charge in [0.2, 0.25) is 5.91 Å². The molecule has 0 N–H and O–H groups in total. The summed E-state index contributed by atoms with van der Waals surface area (Å²) < 4.78 is 22.3. The number of rotatable bonds is 4. The van der Waals surface area contributed by atoms with Gasteiger partial charge in [0, 0.05) is 34.1 Å². The molecule has 1 saturated heterocycles. The predicted octanol–water partition coefficient (Wildman–Crippen LogP) is 0.450. The van der Waals surface area contributed by atoms with E-state index >= 15 is 0 Å². The Labute approximate surface area is 132 Å². The standard InChI is InChI=1S/C14H18N2O7/c1-7(17)16-6-5-10(15-16)11-12(21-8(2)18)13(22-9(3)19)14(20-4)23-11/h5-6,11-14H,1-4H3. The van der Waals surface area contributed by atoms with E-state index in [0.717, 1.165) is 4.68 Å². The van der Waals surface area contributed by atoms with Gasteiger partial charge in [0.1, 0.15) is 6.10 Å². The fourth-order valence-electron chi connectivity index (χ4n) is 2.35. The lowest BCUT2D eigenvalue weighted by molar-refractivity contribution is -0.180. The molecule has 9 nitrogen and oxygen atoms in total. The molecule has 0 amide bonds. The summed E-state index contributed by atoms with van der Waals surface area (Å²) in [4.78, 5) is 34.0. The van der Waals surface area contributed by atoms with Crippen LogP contribution in [0.1, 0.15) is 37.4 Å². The minimum atomic E-state index is -0.936. The third-order valence-electron chi connectivity index (χ3n) is 3.23. The Kier molecular flexibility index (Phi) is 5.12. The predicted molar refractivity (Wildman–Crippen MR) is 74.3 cm³/mol. The monoisotopic (exact) mass is 326 g/mol. The molecule has 1 aromatic rings. The van der Waals surface area contributed by atoms with E-state index in [4.69, 9.17) is 18.9 Å². The van der Waals surface area contributed by atoms with Gasteiger partial charge in [-0.05, 0) is 6.07 Å². The Balaban J connectivity index is 2.33. The molecule has 1 aromatic heterocycles. The molecule has 0 aliphatic carbocycles. The van der Waals surface area contributed by atoms with Gasteiger partial charge in [-0.25, -0.2) is 4.68 Å². The molecule has 0 saturated carbocycles. The maximum atomic E-state index is 11.4. The third kappa shape index (κ3) is 3.74. The zero-order chi connectivity index (χ0) is 17.1. The van der Waals surface area contributed by atoms with Gasteiger partial charge >= 0.3 is 11.9 Å². The molecule has 2 heterocycles. The van der Waals surface area contributed by atoms with Crippen molar-refractivity contribution in [2.24, 2.45) is 0 Å². The zero-order valence-electron chi connectivity index (χ0n) is 13.2. The number of aromatic nitrogens is 2. The first-order chi connectivity index (χ1) is 10.8. The van der Waals surface area contributed by atoms with Crippen LogP contribution >= 0.6 is 0 Å². The van der Waals surface area contributed by atoms with E-state index in [1.54, 1.807) is 6.07 Å². The van der Waals surface area contributed by atoms with Crippen molar-refractivity contribution in [3.63, 3.8) is 0 Å². The molecule has 126 valence electrons. The first-order valence-electron chi connectivity index (χ1n) is 6.92. The summed E-state index contributed by atoms with van der Waals surface area (Å²) in [6, 6.07) is 1.56. The largest absolute Gasteiger partial charge is 0.455 e. The maximum absolute atomic E-state index is 11.4. The number of ether oxygens (including phenoxy) is 4. The van der Waals surface area contributed by atoms with E-state index < -0.39 is 36.5 Å². The highest BCUT2D eigenvalue weighted by Crippen LogP contribution is 2.37. The van der Waals surface area contributed by atoms with Crippen LogP contribution in [0.2, 0.25) is 0 Å². The van der Waals surface area contributed by atoms with E-state index in [1.165, 1.54) is 34.1 Å². The number of carbonyl (C=O) groups is 3. The highest BCUT2D eigenvalue weighted by atomic mass is 16.7. The summed E-state index contributed by atoms with van der Waals surface area (Å²) in [6.45, 7) is 3.82. The van der Waals surface area contributed by atoms with E-state index in [1.807, 2.05) is 0 Å². The molecule has 1 aliphatic rings. The Morgan fingerprint density at radius 3 is 2.22 bits per heavy atom. The maximum Gasteiger partial charge on any atom is 0.303 e. The van der Waals surface area contributed by atoms with Crippen LogP contribution in [0.3, 0.4) is 0 Å². The van der Waals surface area contributed by atoms with Crippen LogP contribution in [-0.2, 0) is 28.5 Å². The van der Waals surface area contributed by atoms with Gasteiger partial charge in [-0.2, -0.15) is 5.10 Å². The van der Waals surface area contributed by atoms with Gasteiger partial charge in [-0.3, -0.25) is 14.4 Å². The second-order valence-corrected chi connectivity index (χ2v) is 5.01. The first kappa shape index (κ1) is 17.1. The average Bonchev–Trinajstić information content (AvgIpc) is 3.04. The van der Waals surface area contributed by atoms with Crippen molar-refractivity contribution in [1.82, 2.24) is 9.78 Å². The lowest BCUT2D eigenvalue weighted by Crippen LogP contribution is -2.38. The van der Waals surface area contributed by atoms with E-state index in [0.29, 0.717) is 5.69 Å². The smallest absolute Gasteiger partial charge is 0.303 e. The molecule has 1 fully saturated rings. The molecule has 23 heavy (non-hydrogen) atoms. The van der Waals surface area contributed by atoms with Crippen molar-refractivity contribution >= 4 is 17.8 Å². The van der Waals surface area contributed by atoms with Crippen LogP contribution in [0.4, 0.5) is 0 Å². The fourth-order valence-corrected chi connectivity index (χ4v) is 2.35. The van der Waals surface area contributed by atoms with Gasteiger partial charge in [0.25, 0.3) is 0 Å². The molecule has 0 aromatic carbocycles. The summed E-state index contributed by atoms with van der Waals surface area (Å²) in [6.07, 6.45) is -2.15. The molecular weight excluding hydrogens is 308 g/mol. The number of hydrogen-bond donors (Lipinski definition) is 0. The van der Waals surface area contributed by atoms with Crippen molar-refractivity contribution in [3.05, 3.63) is 18.0 Å². The Hall–Kier alpha value is -2.26. The number of methoxy groups -OCH3 is 1. The molecule has 0 bridgehead atoms. The van der Waals surface area contributed by atoms with Crippen LogP contribution in [0, 0.1) is 0 Å². The van der Waals surface area contributed by atoms with E-state index in [-0.39, 0.29) is 5.91 Å².